The summed E-state index contributed by atoms with van der Waals surface area (Å²) in [5.41, 5.74) is 7.15. The van der Waals surface area contributed by atoms with E-state index >= 15 is 0 Å². The van der Waals surface area contributed by atoms with Gasteiger partial charge in [0, 0.05) is 6.04 Å². The molecule has 1 atom stereocenters. The Morgan fingerprint density at radius 1 is 1.22 bits per heavy atom. The standard InChI is InChI=1S/C16H26N2/c1-12-7-6-10-15(13(12)2)16(18-17)11-14-8-4-3-5-9-14/h6-7,10,14,16,18H,3-5,8-9,11,17H2,1-2H3. The zero-order chi connectivity index (χ0) is 13.0. The van der Waals surface area contributed by atoms with Gasteiger partial charge in [-0.15, -0.1) is 0 Å². The highest BCUT2D eigenvalue weighted by molar-refractivity contribution is 5.35. The summed E-state index contributed by atoms with van der Waals surface area (Å²) in [5.74, 6) is 6.64. The molecule has 0 bridgehead atoms. The second-order valence-corrected chi connectivity index (χ2v) is 5.75. The van der Waals surface area contributed by atoms with Gasteiger partial charge >= 0.3 is 0 Å². The predicted molar refractivity (Wildman–Crippen MR) is 77.2 cm³/mol. The molecular formula is C16H26N2. The molecule has 2 nitrogen and oxygen atoms in total. The van der Waals surface area contributed by atoms with Gasteiger partial charge in [-0.1, -0.05) is 50.3 Å². The fourth-order valence-electron chi connectivity index (χ4n) is 3.19. The van der Waals surface area contributed by atoms with Crippen molar-refractivity contribution in [1.82, 2.24) is 5.43 Å². The number of aryl methyl sites for hydroxylation is 1. The lowest BCUT2D eigenvalue weighted by atomic mass is 9.82. The van der Waals surface area contributed by atoms with Crippen molar-refractivity contribution in [2.75, 3.05) is 0 Å². The molecule has 0 spiro atoms. The average molecular weight is 246 g/mol. The fraction of sp³-hybridized carbons (Fsp3) is 0.625. The van der Waals surface area contributed by atoms with Crippen molar-refractivity contribution in [1.29, 1.82) is 0 Å². The van der Waals surface area contributed by atoms with E-state index in [1.807, 2.05) is 0 Å². The summed E-state index contributed by atoms with van der Waals surface area (Å²) < 4.78 is 0. The molecule has 100 valence electrons. The van der Waals surface area contributed by atoms with E-state index in [1.54, 1.807) is 0 Å². The first-order chi connectivity index (χ1) is 8.72. The van der Waals surface area contributed by atoms with Crippen LogP contribution in [0, 0.1) is 19.8 Å². The van der Waals surface area contributed by atoms with E-state index in [0.29, 0.717) is 6.04 Å². The minimum absolute atomic E-state index is 0.313. The summed E-state index contributed by atoms with van der Waals surface area (Å²) in [7, 11) is 0. The van der Waals surface area contributed by atoms with E-state index in [-0.39, 0.29) is 0 Å². The molecule has 2 rings (SSSR count). The molecule has 1 aromatic carbocycles. The molecule has 0 heterocycles. The summed E-state index contributed by atoms with van der Waals surface area (Å²) in [6, 6.07) is 6.85. The number of hydrogen-bond acceptors (Lipinski definition) is 2. The van der Waals surface area contributed by atoms with E-state index in [2.05, 4.69) is 37.5 Å². The molecule has 1 saturated carbocycles. The lowest BCUT2D eigenvalue weighted by Crippen LogP contribution is -2.30. The third-order valence-corrected chi connectivity index (χ3v) is 4.52. The summed E-state index contributed by atoms with van der Waals surface area (Å²) in [4.78, 5) is 0. The van der Waals surface area contributed by atoms with Gasteiger partial charge in [0.1, 0.15) is 0 Å². The summed E-state index contributed by atoms with van der Waals surface area (Å²) in [5, 5.41) is 0. The number of nitrogens with one attached hydrogen (secondary N) is 1. The van der Waals surface area contributed by atoms with Crippen LogP contribution in [-0.4, -0.2) is 0 Å². The van der Waals surface area contributed by atoms with Crippen LogP contribution in [0.4, 0.5) is 0 Å². The molecule has 0 radical (unpaired) electrons. The molecule has 1 unspecified atom stereocenters. The van der Waals surface area contributed by atoms with E-state index in [1.165, 1.54) is 55.2 Å². The number of hydrogen-bond donors (Lipinski definition) is 2. The molecule has 3 N–H and O–H groups in total. The van der Waals surface area contributed by atoms with E-state index < -0.39 is 0 Å². The van der Waals surface area contributed by atoms with Gasteiger partial charge in [0.15, 0.2) is 0 Å². The predicted octanol–water partition coefficient (Wildman–Crippen LogP) is 3.78. The zero-order valence-corrected chi connectivity index (χ0v) is 11.7. The van der Waals surface area contributed by atoms with Gasteiger partial charge < -0.3 is 0 Å². The Morgan fingerprint density at radius 3 is 2.61 bits per heavy atom. The van der Waals surface area contributed by atoms with E-state index in [0.717, 1.165) is 5.92 Å². The smallest absolute Gasteiger partial charge is 0.0465 e. The van der Waals surface area contributed by atoms with Crippen LogP contribution in [0.3, 0.4) is 0 Å². The lowest BCUT2D eigenvalue weighted by molar-refractivity contribution is 0.300. The SMILES string of the molecule is Cc1cccc(C(CC2CCCCC2)NN)c1C. The maximum Gasteiger partial charge on any atom is 0.0465 e. The molecule has 0 aromatic heterocycles. The first-order valence-electron chi connectivity index (χ1n) is 7.24. The van der Waals surface area contributed by atoms with Crippen LogP contribution >= 0.6 is 0 Å². The van der Waals surface area contributed by atoms with Crippen LogP contribution in [0.2, 0.25) is 0 Å². The highest BCUT2D eigenvalue weighted by atomic mass is 15.2. The second kappa shape index (κ2) is 6.35. The van der Waals surface area contributed by atoms with E-state index in [9.17, 15) is 0 Å². The van der Waals surface area contributed by atoms with Crippen LogP contribution < -0.4 is 11.3 Å². The molecule has 1 aromatic rings. The Hall–Kier alpha value is -0.860. The maximum absolute atomic E-state index is 5.79. The third kappa shape index (κ3) is 3.12. The molecule has 18 heavy (non-hydrogen) atoms. The normalized spacial score (nSPS) is 18.8. The van der Waals surface area contributed by atoms with Crippen LogP contribution in [0.1, 0.15) is 61.3 Å². The monoisotopic (exact) mass is 246 g/mol. The first kappa shape index (κ1) is 13.6. The van der Waals surface area contributed by atoms with Crippen LogP contribution in [0.15, 0.2) is 18.2 Å². The Morgan fingerprint density at radius 2 is 1.94 bits per heavy atom. The Balaban J connectivity index is 2.09. The van der Waals surface area contributed by atoms with Crippen LogP contribution in [0.25, 0.3) is 0 Å². The van der Waals surface area contributed by atoms with Crippen molar-refractivity contribution < 1.29 is 0 Å². The van der Waals surface area contributed by atoms with Crippen LogP contribution in [0.5, 0.6) is 0 Å². The molecule has 1 fully saturated rings. The molecular weight excluding hydrogens is 220 g/mol. The number of rotatable bonds is 4. The summed E-state index contributed by atoms with van der Waals surface area (Å²) in [6.07, 6.45) is 8.15. The highest BCUT2D eigenvalue weighted by Crippen LogP contribution is 2.32. The van der Waals surface area contributed by atoms with Gasteiger partial charge in [-0.3, -0.25) is 11.3 Å². The first-order valence-corrected chi connectivity index (χ1v) is 7.24. The molecule has 1 aliphatic rings. The van der Waals surface area contributed by atoms with Crippen molar-refractivity contribution >= 4 is 0 Å². The van der Waals surface area contributed by atoms with Gasteiger partial charge in [-0.2, -0.15) is 0 Å². The largest absolute Gasteiger partial charge is 0.271 e. The van der Waals surface area contributed by atoms with E-state index in [4.69, 9.17) is 5.84 Å². The zero-order valence-electron chi connectivity index (χ0n) is 11.7. The Bertz CT molecular complexity index is 381. The van der Waals surface area contributed by atoms with Crippen molar-refractivity contribution in [3.8, 4) is 0 Å². The third-order valence-electron chi connectivity index (χ3n) is 4.52. The number of nitrogens with two attached hydrogens (primary N) is 1. The van der Waals surface area contributed by atoms with Gasteiger partial charge in [-0.25, -0.2) is 0 Å². The Kier molecular flexibility index (Phi) is 4.79. The average Bonchev–Trinajstić information content (AvgIpc) is 2.41. The van der Waals surface area contributed by atoms with Crippen molar-refractivity contribution in [3.63, 3.8) is 0 Å². The summed E-state index contributed by atoms with van der Waals surface area (Å²) >= 11 is 0. The lowest BCUT2D eigenvalue weighted by Gasteiger charge is -2.27. The fourth-order valence-corrected chi connectivity index (χ4v) is 3.19. The number of hydrazine groups is 1. The highest BCUT2D eigenvalue weighted by Gasteiger charge is 2.20. The minimum Gasteiger partial charge on any atom is -0.271 e. The van der Waals surface area contributed by atoms with Crippen molar-refractivity contribution in [3.05, 3.63) is 34.9 Å². The van der Waals surface area contributed by atoms with Gasteiger partial charge in [0.05, 0.1) is 0 Å². The van der Waals surface area contributed by atoms with Crippen LogP contribution in [-0.2, 0) is 0 Å². The number of benzene rings is 1. The van der Waals surface area contributed by atoms with Crippen molar-refractivity contribution in [2.24, 2.45) is 11.8 Å². The Labute approximate surface area is 111 Å². The van der Waals surface area contributed by atoms with Gasteiger partial charge in [-0.05, 0) is 42.9 Å². The molecule has 0 saturated heterocycles. The minimum atomic E-state index is 0.313. The van der Waals surface area contributed by atoms with Crippen molar-refractivity contribution in [2.45, 2.75) is 58.4 Å². The summed E-state index contributed by atoms with van der Waals surface area (Å²) in [6.45, 7) is 4.38. The molecule has 0 amide bonds. The van der Waals surface area contributed by atoms with Gasteiger partial charge in [0.2, 0.25) is 0 Å². The molecule has 0 aliphatic heterocycles. The topological polar surface area (TPSA) is 38.0 Å². The quantitative estimate of drug-likeness (QED) is 0.627. The van der Waals surface area contributed by atoms with Gasteiger partial charge in [0.25, 0.3) is 0 Å². The maximum atomic E-state index is 5.79. The second-order valence-electron chi connectivity index (χ2n) is 5.75. The molecule has 2 heteroatoms. The molecule has 1 aliphatic carbocycles.